The maximum Gasteiger partial charge on any atom is 0.150 e. The molecule has 3 heterocycles. The maximum absolute atomic E-state index is 6.35. The maximum atomic E-state index is 6.35. The van der Waals surface area contributed by atoms with Gasteiger partial charge >= 0.3 is 0 Å². The van der Waals surface area contributed by atoms with Gasteiger partial charge in [0.1, 0.15) is 22.9 Å². The summed E-state index contributed by atoms with van der Waals surface area (Å²) in [6.45, 7) is 0. The molecule has 3 aromatic heterocycles. The van der Waals surface area contributed by atoms with Crippen LogP contribution in [0, 0.1) is 0 Å². The molecule has 1 aromatic carbocycles. The molecule has 0 atom stereocenters. The second-order valence-electron chi connectivity index (χ2n) is 5.19. The van der Waals surface area contributed by atoms with Gasteiger partial charge in [-0.3, -0.25) is 4.98 Å². The molecule has 0 N–H and O–H groups in total. The number of hydrogen-bond donors (Lipinski definition) is 0. The third kappa shape index (κ3) is 2.39. The van der Waals surface area contributed by atoms with Gasteiger partial charge in [-0.25, -0.2) is 9.97 Å². The first-order valence-corrected chi connectivity index (χ1v) is 7.73. The summed E-state index contributed by atoms with van der Waals surface area (Å²) >= 11 is 6.35. The van der Waals surface area contributed by atoms with Gasteiger partial charge in [-0.2, -0.15) is 0 Å². The lowest BCUT2D eigenvalue weighted by molar-refractivity contribution is 0.413. The lowest BCUT2D eigenvalue weighted by Crippen LogP contribution is -1.93. The Morgan fingerprint density at radius 3 is 2.54 bits per heavy atom. The van der Waals surface area contributed by atoms with Gasteiger partial charge in [0.05, 0.1) is 24.4 Å². The Bertz CT molecular complexity index is 997. The Hall–Kier alpha value is -2.92. The van der Waals surface area contributed by atoms with Crippen molar-refractivity contribution in [3.63, 3.8) is 0 Å². The first kappa shape index (κ1) is 14.7. The number of rotatable bonds is 3. The number of benzene rings is 1. The molecule has 0 saturated carbocycles. The molecule has 0 unspecified atom stereocenters. The van der Waals surface area contributed by atoms with E-state index in [0.29, 0.717) is 10.9 Å². The van der Waals surface area contributed by atoms with E-state index in [4.69, 9.17) is 16.3 Å². The predicted molar refractivity (Wildman–Crippen MR) is 93.7 cm³/mol. The number of para-hydroxylation sites is 1. The Labute approximate surface area is 143 Å². The minimum Gasteiger partial charge on any atom is -0.495 e. The van der Waals surface area contributed by atoms with Crippen LogP contribution in [0.4, 0.5) is 0 Å². The van der Waals surface area contributed by atoms with Crippen LogP contribution in [-0.4, -0.2) is 26.6 Å². The fourth-order valence-electron chi connectivity index (χ4n) is 2.66. The minimum atomic E-state index is 0.405. The standard InChI is InChI=1S/C18H13ClN4O/c1-24-13-7-8-15(20-9-13)14-10-23(12-5-3-2-4-6-12)18-16(14)17(19)21-11-22-18/h2-11H,1H3. The molecule has 0 amide bonds. The number of ether oxygens (including phenoxy) is 1. The van der Waals surface area contributed by atoms with E-state index in [1.165, 1.54) is 6.33 Å². The number of hydrogen-bond acceptors (Lipinski definition) is 4. The van der Waals surface area contributed by atoms with Crippen LogP contribution in [0.1, 0.15) is 0 Å². The number of methoxy groups -OCH3 is 1. The molecule has 6 heteroatoms. The summed E-state index contributed by atoms with van der Waals surface area (Å²) < 4.78 is 7.16. The first-order chi connectivity index (χ1) is 11.8. The molecule has 0 saturated heterocycles. The number of nitrogens with zero attached hydrogens (tertiary/aromatic N) is 4. The van der Waals surface area contributed by atoms with Crippen molar-refractivity contribution in [2.75, 3.05) is 7.11 Å². The van der Waals surface area contributed by atoms with Crippen molar-refractivity contribution < 1.29 is 4.74 Å². The van der Waals surface area contributed by atoms with Crippen LogP contribution in [0.25, 0.3) is 28.0 Å². The normalized spacial score (nSPS) is 10.9. The molecule has 4 rings (SSSR count). The predicted octanol–water partition coefficient (Wildman–Crippen LogP) is 4.14. The smallest absolute Gasteiger partial charge is 0.150 e. The highest BCUT2D eigenvalue weighted by atomic mass is 35.5. The van der Waals surface area contributed by atoms with Crippen LogP contribution in [0.2, 0.25) is 5.15 Å². The van der Waals surface area contributed by atoms with Crippen molar-refractivity contribution in [2.24, 2.45) is 0 Å². The molecule has 0 radical (unpaired) electrons. The van der Waals surface area contributed by atoms with Crippen molar-refractivity contribution in [2.45, 2.75) is 0 Å². The molecule has 5 nitrogen and oxygen atoms in total. The second-order valence-corrected chi connectivity index (χ2v) is 5.55. The van der Waals surface area contributed by atoms with Crippen LogP contribution in [0.3, 0.4) is 0 Å². The number of fused-ring (bicyclic) bond motifs is 1. The van der Waals surface area contributed by atoms with Gasteiger partial charge in [-0.05, 0) is 24.3 Å². The third-order valence-corrected chi connectivity index (χ3v) is 4.11. The Morgan fingerprint density at radius 2 is 1.83 bits per heavy atom. The van der Waals surface area contributed by atoms with E-state index < -0.39 is 0 Å². The van der Waals surface area contributed by atoms with Crippen LogP contribution >= 0.6 is 11.6 Å². The molecule has 0 spiro atoms. The molecule has 0 aliphatic heterocycles. The van der Waals surface area contributed by atoms with E-state index >= 15 is 0 Å². The SMILES string of the molecule is COc1ccc(-c2cn(-c3ccccc3)c3ncnc(Cl)c23)nc1. The van der Waals surface area contributed by atoms with Gasteiger partial charge in [0, 0.05) is 17.4 Å². The highest BCUT2D eigenvalue weighted by Crippen LogP contribution is 2.34. The number of halogens is 1. The van der Waals surface area contributed by atoms with Gasteiger partial charge in [-0.15, -0.1) is 0 Å². The van der Waals surface area contributed by atoms with Crippen molar-refractivity contribution in [3.05, 3.63) is 66.3 Å². The topological polar surface area (TPSA) is 52.8 Å². The van der Waals surface area contributed by atoms with E-state index in [2.05, 4.69) is 15.0 Å². The molecule has 118 valence electrons. The molecule has 0 fully saturated rings. The highest BCUT2D eigenvalue weighted by molar-refractivity contribution is 6.35. The molecule has 0 bridgehead atoms. The molecular weight excluding hydrogens is 324 g/mol. The average Bonchev–Trinajstić information content (AvgIpc) is 3.04. The van der Waals surface area contributed by atoms with Crippen LogP contribution in [-0.2, 0) is 0 Å². The van der Waals surface area contributed by atoms with E-state index in [0.717, 1.165) is 28.0 Å². The van der Waals surface area contributed by atoms with E-state index in [9.17, 15) is 0 Å². The summed E-state index contributed by atoms with van der Waals surface area (Å²) in [5, 5.41) is 1.18. The highest BCUT2D eigenvalue weighted by Gasteiger charge is 2.17. The van der Waals surface area contributed by atoms with Crippen LogP contribution in [0.5, 0.6) is 5.75 Å². The fourth-order valence-corrected chi connectivity index (χ4v) is 2.89. The molecule has 24 heavy (non-hydrogen) atoms. The van der Waals surface area contributed by atoms with Gasteiger partial charge in [0.15, 0.2) is 0 Å². The first-order valence-electron chi connectivity index (χ1n) is 7.35. The third-order valence-electron chi connectivity index (χ3n) is 3.82. The number of aromatic nitrogens is 4. The van der Waals surface area contributed by atoms with E-state index in [1.54, 1.807) is 13.3 Å². The Morgan fingerprint density at radius 1 is 1.00 bits per heavy atom. The lowest BCUT2D eigenvalue weighted by Gasteiger charge is -2.03. The quantitative estimate of drug-likeness (QED) is 0.527. The van der Waals surface area contributed by atoms with Gasteiger partial charge < -0.3 is 9.30 Å². The Balaban J connectivity index is 1.98. The van der Waals surface area contributed by atoms with Crippen molar-refractivity contribution >= 4 is 22.6 Å². The monoisotopic (exact) mass is 336 g/mol. The summed E-state index contributed by atoms with van der Waals surface area (Å²) in [5.74, 6) is 0.702. The van der Waals surface area contributed by atoms with Gasteiger partial charge in [0.25, 0.3) is 0 Å². The van der Waals surface area contributed by atoms with E-state index in [-0.39, 0.29) is 0 Å². The summed E-state index contributed by atoms with van der Waals surface area (Å²) in [5.41, 5.74) is 3.40. The zero-order valence-corrected chi connectivity index (χ0v) is 13.6. The van der Waals surface area contributed by atoms with Gasteiger partial charge in [-0.1, -0.05) is 29.8 Å². The lowest BCUT2D eigenvalue weighted by atomic mass is 10.1. The minimum absolute atomic E-state index is 0.405. The average molecular weight is 337 g/mol. The zero-order chi connectivity index (χ0) is 16.5. The summed E-state index contributed by atoms with van der Waals surface area (Å²) in [6.07, 6.45) is 5.13. The summed E-state index contributed by atoms with van der Waals surface area (Å²) in [7, 11) is 1.61. The second kappa shape index (κ2) is 5.94. The van der Waals surface area contributed by atoms with Crippen LogP contribution < -0.4 is 4.74 Å². The summed E-state index contributed by atoms with van der Waals surface area (Å²) in [4.78, 5) is 13.0. The van der Waals surface area contributed by atoms with Crippen molar-refractivity contribution in [1.29, 1.82) is 0 Å². The molecule has 0 aliphatic rings. The summed E-state index contributed by atoms with van der Waals surface area (Å²) in [6, 6.07) is 13.7. The van der Waals surface area contributed by atoms with Gasteiger partial charge in [0.2, 0.25) is 0 Å². The van der Waals surface area contributed by atoms with E-state index in [1.807, 2.05) is 53.2 Å². The fraction of sp³-hybridized carbons (Fsp3) is 0.0556. The zero-order valence-electron chi connectivity index (χ0n) is 12.8. The largest absolute Gasteiger partial charge is 0.495 e. The van der Waals surface area contributed by atoms with Crippen LogP contribution in [0.15, 0.2) is 61.2 Å². The molecular formula is C18H13ClN4O. The number of pyridine rings is 1. The van der Waals surface area contributed by atoms with Crippen molar-refractivity contribution in [1.82, 2.24) is 19.5 Å². The molecule has 4 aromatic rings. The molecule has 0 aliphatic carbocycles. The van der Waals surface area contributed by atoms with Crippen molar-refractivity contribution in [3.8, 4) is 22.7 Å². The Kier molecular flexibility index (Phi) is 3.63.